The number of rotatable bonds is 8. The lowest BCUT2D eigenvalue weighted by Crippen LogP contribution is -2.33. The molecule has 0 saturated heterocycles. The Kier molecular flexibility index (Phi) is 7.44. The van der Waals surface area contributed by atoms with E-state index >= 15 is 0 Å². The second-order valence-corrected chi connectivity index (χ2v) is 5.95. The van der Waals surface area contributed by atoms with Crippen LogP contribution < -0.4 is 11.1 Å². The summed E-state index contributed by atoms with van der Waals surface area (Å²) in [4.78, 5) is 12.5. The van der Waals surface area contributed by atoms with Gasteiger partial charge in [-0.2, -0.15) is 0 Å². The molecule has 1 atom stereocenters. The number of halogens is 1. The van der Waals surface area contributed by atoms with E-state index in [1.54, 1.807) is 6.07 Å². The molecule has 1 amide bonds. The van der Waals surface area contributed by atoms with Crippen LogP contribution in [0.2, 0.25) is 0 Å². The molecule has 1 aromatic rings. The topological polar surface area (TPSA) is 55.1 Å². The molecule has 0 aliphatic heterocycles. The zero-order chi connectivity index (χ0) is 15.0. The van der Waals surface area contributed by atoms with E-state index < -0.39 is 0 Å². The first-order chi connectivity index (χ1) is 9.52. The Morgan fingerprint density at radius 2 is 2.20 bits per heavy atom. The summed E-state index contributed by atoms with van der Waals surface area (Å²) in [6.45, 7) is 4.18. The Hall–Kier alpha value is -1.23. The SMILES string of the molecule is CCCCCC(C)NC(=O)CSc1ccc(F)cc1N. The standard InChI is InChI=1S/C15H23FN2OS/c1-3-4-5-6-11(2)18-15(19)10-20-14-8-7-12(16)9-13(14)17/h7-9,11H,3-6,10,17H2,1-2H3,(H,18,19). The fourth-order valence-corrected chi connectivity index (χ4v) is 2.64. The van der Waals surface area contributed by atoms with Crippen molar-refractivity contribution in [1.82, 2.24) is 5.32 Å². The highest BCUT2D eigenvalue weighted by Gasteiger charge is 2.09. The zero-order valence-corrected chi connectivity index (χ0v) is 12.9. The molecule has 0 aromatic heterocycles. The van der Waals surface area contributed by atoms with Gasteiger partial charge in [-0.15, -0.1) is 11.8 Å². The average Bonchev–Trinajstić information content (AvgIpc) is 2.38. The number of carbonyl (C=O) groups is 1. The van der Waals surface area contributed by atoms with Gasteiger partial charge in [0.05, 0.1) is 5.75 Å². The smallest absolute Gasteiger partial charge is 0.230 e. The number of hydrogen-bond acceptors (Lipinski definition) is 3. The number of nitrogens with two attached hydrogens (primary N) is 1. The lowest BCUT2D eigenvalue weighted by molar-refractivity contribution is -0.119. The summed E-state index contributed by atoms with van der Waals surface area (Å²) in [5.41, 5.74) is 6.07. The van der Waals surface area contributed by atoms with Gasteiger partial charge in [-0.1, -0.05) is 26.2 Å². The molecule has 20 heavy (non-hydrogen) atoms. The second-order valence-electron chi connectivity index (χ2n) is 4.94. The molecule has 0 aliphatic rings. The van der Waals surface area contributed by atoms with E-state index in [1.807, 2.05) is 6.92 Å². The van der Waals surface area contributed by atoms with Crippen molar-refractivity contribution in [3.63, 3.8) is 0 Å². The van der Waals surface area contributed by atoms with Gasteiger partial charge in [0, 0.05) is 16.6 Å². The molecule has 1 aromatic carbocycles. The van der Waals surface area contributed by atoms with Crippen LogP contribution in [0.3, 0.4) is 0 Å². The van der Waals surface area contributed by atoms with Gasteiger partial charge in [-0.25, -0.2) is 4.39 Å². The molecule has 0 bridgehead atoms. The van der Waals surface area contributed by atoms with Crippen LogP contribution in [-0.2, 0) is 4.79 Å². The molecule has 112 valence electrons. The molecule has 1 unspecified atom stereocenters. The number of thioether (sulfide) groups is 1. The van der Waals surface area contributed by atoms with Crippen LogP contribution in [-0.4, -0.2) is 17.7 Å². The number of amides is 1. The van der Waals surface area contributed by atoms with Gasteiger partial charge in [0.2, 0.25) is 5.91 Å². The highest BCUT2D eigenvalue weighted by atomic mass is 32.2. The molecule has 0 fully saturated rings. The molecule has 0 saturated carbocycles. The Bertz CT molecular complexity index is 440. The van der Waals surface area contributed by atoms with Gasteiger partial charge in [0.15, 0.2) is 0 Å². The van der Waals surface area contributed by atoms with Crippen molar-refractivity contribution in [2.75, 3.05) is 11.5 Å². The monoisotopic (exact) mass is 298 g/mol. The molecule has 0 spiro atoms. The Morgan fingerprint density at radius 3 is 2.85 bits per heavy atom. The third-order valence-electron chi connectivity index (χ3n) is 2.98. The van der Waals surface area contributed by atoms with Crippen molar-refractivity contribution in [3.05, 3.63) is 24.0 Å². The summed E-state index contributed by atoms with van der Waals surface area (Å²) in [5.74, 6) is -0.0721. The van der Waals surface area contributed by atoms with E-state index in [1.165, 1.54) is 36.7 Å². The molecule has 0 aliphatic carbocycles. The van der Waals surface area contributed by atoms with E-state index in [4.69, 9.17) is 5.73 Å². The summed E-state index contributed by atoms with van der Waals surface area (Å²) < 4.78 is 12.9. The Labute approximate surface area is 124 Å². The lowest BCUT2D eigenvalue weighted by atomic mass is 10.1. The van der Waals surface area contributed by atoms with E-state index in [-0.39, 0.29) is 17.8 Å². The highest BCUT2D eigenvalue weighted by molar-refractivity contribution is 8.00. The van der Waals surface area contributed by atoms with Crippen LogP contribution in [0, 0.1) is 5.82 Å². The molecule has 0 heterocycles. The largest absolute Gasteiger partial charge is 0.398 e. The number of nitrogens with one attached hydrogen (secondary N) is 1. The van der Waals surface area contributed by atoms with Gasteiger partial charge in [-0.3, -0.25) is 4.79 Å². The highest BCUT2D eigenvalue weighted by Crippen LogP contribution is 2.25. The third kappa shape index (κ3) is 6.28. The number of benzene rings is 1. The third-order valence-corrected chi connectivity index (χ3v) is 4.07. The predicted molar refractivity (Wildman–Crippen MR) is 83.3 cm³/mol. The van der Waals surface area contributed by atoms with E-state index in [0.717, 1.165) is 17.7 Å². The lowest BCUT2D eigenvalue weighted by Gasteiger charge is -2.13. The van der Waals surface area contributed by atoms with Gasteiger partial charge in [0.25, 0.3) is 0 Å². The maximum atomic E-state index is 12.9. The summed E-state index contributed by atoms with van der Waals surface area (Å²) in [6.07, 6.45) is 4.51. The first-order valence-electron chi connectivity index (χ1n) is 7.00. The normalized spacial score (nSPS) is 12.2. The summed E-state index contributed by atoms with van der Waals surface area (Å²) in [5, 5.41) is 2.97. The van der Waals surface area contributed by atoms with Gasteiger partial charge < -0.3 is 11.1 Å². The fourth-order valence-electron chi connectivity index (χ4n) is 1.88. The second kappa shape index (κ2) is 8.84. The van der Waals surface area contributed by atoms with Crippen molar-refractivity contribution >= 4 is 23.4 Å². The van der Waals surface area contributed by atoms with Crippen LogP contribution in [0.15, 0.2) is 23.1 Å². The average molecular weight is 298 g/mol. The first kappa shape index (κ1) is 16.8. The number of anilines is 1. The fraction of sp³-hybridized carbons (Fsp3) is 0.533. The molecule has 0 radical (unpaired) electrons. The van der Waals surface area contributed by atoms with Crippen LogP contribution in [0.4, 0.5) is 10.1 Å². The summed E-state index contributed by atoms with van der Waals surface area (Å²) >= 11 is 1.33. The van der Waals surface area contributed by atoms with Crippen LogP contribution >= 0.6 is 11.8 Å². The van der Waals surface area contributed by atoms with Crippen molar-refractivity contribution in [2.45, 2.75) is 50.5 Å². The van der Waals surface area contributed by atoms with Crippen molar-refractivity contribution in [2.24, 2.45) is 0 Å². The quantitative estimate of drug-likeness (QED) is 0.438. The van der Waals surface area contributed by atoms with Crippen LogP contribution in [0.1, 0.15) is 39.5 Å². The number of unbranched alkanes of at least 4 members (excludes halogenated alkanes) is 2. The maximum absolute atomic E-state index is 12.9. The first-order valence-corrected chi connectivity index (χ1v) is 7.98. The number of carbonyl (C=O) groups excluding carboxylic acids is 1. The zero-order valence-electron chi connectivity index (χ0n) is 12.1. The van der Waals surface area contributed by atoms with Gasteiger partial charge >= 0.3 is 0 Å². The minimum absolute atomic E-state index is 0.0114. The molecule has 3 N–H and O–H groups in total. The van der Waals surface area contributed by atoms with Crippen LogP contribution in [0.25, 0.3) is 0 Å². The molecular formula is C15H23FN2OS. The van der Waals surface area contributed by atoms with Crippen molar-refractivity contribution < 1.29 is 9.18 Å². The van der Waals surface area contributed by atoms with Gasteiger partial charge in [0.1, 0.15) is 5.82 Å². The van der Waals surface area contributed by atoms with Gasteiger partial charge in [-0.05, 0) is 31.5 Å². The van der Waals surface area contributed by atoms with Crippen molar-refractivity contribution in [3.8, 4) is 0 Å². The van der Waals surface area contributed by atoms with E-state index in [0.29, 0.717) is 11.4 Å². The number of hydrogen-bond donors (Lipinski definition) is 2. The van der Waals surface area contributed by atoms with Crippen LogP contribution in [0.5, 0.6) is 0 Å². The molecular weight excluding hydrogens is 275 g/mol. The van der Waals surface area contributed by atoms with E-state index in [9.17, 15) is 9.18 Å². The molecule has 1 rings (SSSR count). The minimum atomic E-state index is -0.360. The Balaban J connectivity index is 2.32. The Morgan fingerprint density at radius 1 is 1.45 bits per heavy atom. The van der Waals surface area contributed by atoms with Crippen molar-refractivity contribution in [1.29, 1.82) is 0 Å². The summed E-state index contributed by atoms with van der Waals surface area (Å²) in [7, 11) is 0. The maximum Gasteiger partial charge on any atom is 0.230 e. The summed E-state index contributed by atoms with van der Waals surface area (Å²) in [6, 6.07) is 4.42. The number of nitrogen functional groups attached to an aromatic ring is 1. The minimum Gasteiger partial charge on any atom is -0.398 e. The molecule has 5 heteroatoms. The van der Waals surface area contributed by atoms with E-state index in [2.05, 4.69) is 12.2 Å². The predicted octanol–water partition coefficient (Wildman–Crippen LogP) is 3.59. The molecule has 3 nitrogen and oxygen atoms in total.